The lowest BCUT2D eigenvalue weighted by molar-refractivity contribution is 0.280. The van der Waals surface area contributed by atoms with Crippen LogP contribution >= 0.6 is 0 Å². The molecule has 0 aliphatic carbocycles. The van der Waals surface area contributed by atoms with Crippen LogP contribution in [0.2, 0.25) is 0 Å². The molecule has 0 spiro atoms. The van der Waals surface area contributed by atoms with Crippen molar-refractivity contribution in [3.05, 3.63) is 17.5 Å². The summed E-state index contributed by atoms with van der Waals surface area (Å²) < 4.78 is 0. The van der Waals surface area contributed by atoms with Gasteiger partial charge in [0.1, 0.15) is 0 Å². The van der Waals surface area contributed by atoms with Crippen molar-refractivity contribution in [3.8, 4) is 0 Å². The minimum Gasteiger partial charge on any atom is -0.392 e. The van der Waals surface area contributed by atoms with Gasteiger partial charge < -0.3 is 10.0 Å². The number of nitrogens with zero attached hydrogens (tertiary/aromatic N) is 3. The van der Waals surface area contributed by atoms with Crippen LogP contribution in [0.3, 0.4) is 0 Å². The van der Waals surface area contributed by atoms with Crippen LogP contribution in [0.25, 0.3) is 0 Å². The summed E-state index contributed by atoms with van der Waals surface area (Å²) in [6.45, 7) is 1.86. The van der Waals surface area contributed by atoms with Crippen molar-refractivity contribution in [2.45, 2.75) is 13.5 Å². The van der Waals surface area contributed by atoms with E-state index < -0.39 is 0 Å². The van der Waals surface area contributed by atoms with Crippen LogP contribution in [-0.2, 0) is 6.61 Å². The molecule has 66 valence electrons. The first kappa shape index (κ1) is 8.93. The van der Waals surface area contributed by atoms with Gasteiger partial charge in [-0.25, -0.2) is 9.97 Å². The molecule has 4 nitrogen and oxygen atoms in total. The van der Waals surface area contributed by atoms with Crippen LogP contribution in [0.4, 0.5) is 5.95 Å². The maximum Gasteiger partial charge on any atom is 0.224 e. The van der Waals surface area contributed by atoms with Crippen LogP contribution in [0, 0.1) is 6.92 Å². The monoisotopic (exact) mass is 167 g/mol. The first-order chi connectivity index (χ1) is 5.65. The van der Waals surface area contributed by atoms with Gasteiger partial charge in [0.2, 0.25) is 5.95 Å². The number of aliphatic hydroxyl groups excluding tert-OH is 1. The maximum atomic E-state index is 8.85. The molecule has 1 rings (SSSR count). The van der Waals surface area contributed by atoms with Crippen molar-refractivity contribution in [2.24, 2.45) is 0 Å². The first-order valence-electron chi connectivity index (χ1n) is 3.76. The lowest BCUT2D eigenvalue weighted by Crippen LogP contribution is -2.13. The summed E-state index contributed by atoms with van der Waals surface area (Å²) in [4.78, 5) is 10.1. The minimum absolute atomic E-state index is 0.000454. The third kappa shape index (κ3) is 1.71. The number of hydrogen-bond acceptors (Lipinski definition) is 4. The summed E-state index contributed by atoms with van der Waals surface area (Å²) in [5, 5.41) is 8.85. The van der Waals surface area contributed by atoms with Crippen molar-refractivity contribution in [1.82, 2.24) is 9.97 Å². The van der Waals surface area contributed by atoms with E-state index in [1.807, 2.05) is 25.9 Å². The van der Waals surface area contributed by atoms with Gasteiger partial charge in [0.15, 0.2) is 0 Å². The van der Waals surface area contributed by atoms with Gasteiger partial charge in [0.25, 0.3) is 0 Å². The molecule has 0 fully saturated rings. The summed E-state index contributed by atoms with van der Waals surface area (Å²) in [5.41, 5.74) is 1.61. The van der Waals surface area contributed by atoms with Gasteiger partial charge in [-0.05, 0) is 6.92 Å². The summed E-state index contributed by atoms with van der Waals surface area (Å²) in [7, 11) is 3.76. The van der Waals surface area contributed by atoms with Crippen molar-refractivity contribution >= 4 is 5.95 Å². The lowest BCUT2D eigenvalue weighted by atomic mass is 10.3. The molecular formula is C8H13N3O. The summed E-state index contributed by atoms with van der Waals surface area (Å²) >= 11 is 0. The van der Waals surface area contributed by atoms with E-state index in [4.69, 9.17) is 5.11 Å². The van der Waals surface area contributed by atoms with E-state index in [1.54, 1.807) is 6.20 Å². The Morgan fingerprint density at radius 3 is 2.58 bits per heavy atom. The van der Waals surface area contributed by atoms with Crippen LogP contribution in [-0.4, -0.2) is 29.2 Å². The SMILES string of the molecule is Cc1nc(N(C)C)ncc1CO. The Hall–Kier alpha value is -1.16. The number of aliphatic hydroxyl groups is 1. The predicted octanol–water partition coefficient (Wildman–Crippen LogP) is 0.343. The highest BCUT2D eigenvalue weighted by molar-refractivity contribution is 5.30. The zero-order chi connectivity index (χ0) is 9.14. The molecule has 1 aromatic rings. The number of aromatic nitrogens is 2. The average Bonchev–Trinajstić information content (AvgIpc) is 2.04. The number of rotatable bonds is 2. The van der Waals surface area contributed by atoms with E-state index >= 15 is 0 Å². The van der Waals surface area contributed by atoms with Gasteiger partial charge in [-0.3, -0.25) is 0 Å². The molecule has 1 N–H and O–H groups in total. The van der Waals surface area contributed by atoms with E-state index in [9.17, 15) is 0 Å². The normalized spacial score (nSPS) is 10.0. The fraction of sp³-hybridized carbons (Fsp3) is 0.500. The third-order valence-electron chi connectivity index (χ3n) is 1.64. The van der Waals surface area contributed by atoms with Gasteiger partial charge in [-0.15, -0.1) is 0 Å². The van der Waals surface area contributed by atoms with Crippen molar-refractivity contribution in [1.29, 1.82) is 0 Å². The molecule has 0 unspecified atom stereocenters. The molecule has 12 heavy (non-hydrogen) atoms. The summed E-state index contributed by atoms with van der Waals surface area (Å²) in [6, 6.07) is 0. The predicted molar refractivity (Wildman–Crippen MR) is 47.0 cm³/mol. The molecule has 1 aromatic heterocycles. The summed E-state index contributed by atoms with van der Waals surface area (Å²) in [5.74, 6) is 0.671. The number of hydrogen-bond donors (Lipinski definition) is 1. The highest BCUT2D eigenvalue weighted by Gasteiger charge is 2.02. The molecule has 0 saturated heterocycles. The standard InChI is InChI=1S/C8H13N3O/c1-6-7(5-12)4-9-8(10-6)11(2)3/h4,12H,5H2,1-3H3. The Balaban J connectivity index is 3.02. The van der Waals surface area contributed by atoms with Crippen LogP contribution in [0.15, 0.2) is 6.20 Å². The van der Waals surface area contributed by atoms with E-state index in [-0.39, 0.29) is 6.61 Å². The highest BCUT2D eigenvalue weighted by atomic mass is 16.3. The molecule has 0 atom stereocenters. The molecule has 0 radical (unpaired) electrons. The molecule has 0 bridgehead atoms. The highest BCUT2D eigenvalue weighted by Crippen LogP contribution is 2.08. The van der Waals surface area contributed by atoms with Crippen LogP contribution in [0.1, 0.15) is 11.3 Å². The van der Waals surface area contributed by atoms with Gasteiger partial charge in [0.05, 0.1) is 6.61 Å². The van der Waals surface area contributed by atoms with Crippen molar-refractivity contribution in [3.63, 3.8) is 0 Å². The van der Waals surface area contributed by atoms with Gasteiger partial charge >= 0.3 is 0 Å². The van der Waals surface area contributed by atoms with Crippen LogP contribution < -0.4 is 4.90 Å². The second-order valence-corrected chi connectivity index (χ2v) is 2.83. The van der Waals surface area contributed by atoms with E-state index in [0.717, 1.165) is 11.3 Å². The summed E-state index contributed by atoms with van der Waals surface area (Å²) in [6.07, 6.45) is 1.65. The Kier molecular flexibility index (Phi) is 2.60. The Morgan fingerprint density at radius 2 is 2.17 bits per heavy atom. The Bertz CT molecular complexity index is 273. The molecule has 0 aromatic carbocycles. The van der Waals surface area contributed by atoms with Gasteiger partial charge in [-0.2, -0.15) is 0 Å². The fourth-order valence-corrected chi connectivity index (χ4v) is 0.850. The van der Waals surface area contributed by atoms with E-state index in [1.165, 1.54) is 0 Å². The molecule has 0 aliphatic heterocycles. The zero-order valence-corrected chi connectivity index (χ0v) is 7.57. The second kappa shape index (κ2) is 3.49. The first-order valence-corrected chi connectivity index (χ1v) is 3.76. The minimum atomic E-state index is -0.000454. The molecule has 0 aliphatic rings. The molecule has 0 saturated carbocycles. The largest absolute Gasteiger partial charge is 0.392 e. The van der Waals surface area contributed by atoms with Gasteiger partial charge in [0, 0.05) is 31.5 Å². The van der Waals surface area contributed by atoms with Crippen molar-refractivity contribution in [2.75, 3.05) is 19.0 Å². The second-order valence-electron chi connectivity index (χ2n) is 2.83. The average molecular weight is 167 g/mol. The smallest absolute Gasteiger partial charge is 0.224 e. The number of anilines is 1. The van der Waals surface area contributed by atoms with Crippen LogP contribution in [0.5, 0.6) is 0 Å². The quantitative estimate of drug-likeness (QED) is 0.690. The Labute approximate surface area is 71.9 Å². The van der Waals surface area contributed by atoms with Crippen molar-refractivity contribution < 1.29 is 5.11 Å². The Morgan fingerprint density at radius 1 is 1.50 bits per heavy atom. The number of aryl methyl sites for hydroxylation is 1. The molecule has 0 amide bonds. The van der Waals surface area contributed by atoms with E-state index in [2.05, 4.69) is 9.97 Å². The topological polar surface area (TPSA) is 49.2 Å². The lowest BCUT2D eigenvalue weighted by Gasteiger charge is -2.11. The zero-order valence-electron chi connectivity index (χ0n) is 7.57. The molecular weight excluding hydrogens is 154 g/mol. The molecule has 4 heteroatoms. The molecule has 1 heterocycles. The van der Waals surface area contributed by atoms with Gasteiger partial charge in [-0.1, -0.05) is 0 Å². The maximum absolute atomic E-state index is 8.85. The van der Waals surface area contributed by atoms with E-state index in [0.29, 0.717) is 5.95 Å². The fourth-order valence-electron chi connectivity index (χ4n) is 0.850. The third-order valence-corrected chi connectivity index (χ3v) is 1.64.